The number of ether oxygens (including phenoxy) is 2. The summed E-state index contributed by atoms with van der Waals surface area (Å²) in [6.45, 7) is 1.90. The monoisotopic (exact) mass is 405 g/mol. The number of hydrogen-bond acceptors (Lipinski definition) is 6. The second-order valence-electron chi connectivity index (χ2n) is 6.79. The van der Waals surface area contributed by atoms with Gasteiger partial charge in [-0.3, -0.25) is 19.7 Å². The Balaban J connectivity index is 2.29. The normalized spacial score (nSPS) is 18.8. The number of nitrogens with one attached hydrogen (secondary N) is 1. The van der Waals surface area contributed by atoms with E-state index < -0.39 is 36.5 Å². The minimum atomic E-state index is -1.02. The molecule has 0 saturated carbocycles. The predicted octanol–water partition coefficient (Wildman–Crippen LogP) is 1.51. The number of unbranched alkanes of at least 4 members (excludes halogenated alkanes) is 1. The third-order valence-corrected chi connectivity index (χ3v) is 4.83. The van der Waals surface area contributed by atoms with Gasteiger partial charge in [-0.15, -0.1) is 0 Å². The molecule has 1 aliphatic rings. The van der Waals surface area contributed by atoms with Crippen LogP contribution < -0.4 is 15.8 Å². The zero-order valence-corrected chi connectivity index (χ0v) is 16.7. The topological polar surface area (TPSA) is 128 Å². The number of esters is 1. The molecule has 3 N–H and O–H groups in total. The molecule has 0 unspecified atom stereocenters. The van der Waals surface area contributed by atoms with Crippen LogP contribution in [0.25, 0.3) is 0 Å². The van der Waals surface area contributed by atoms with Gasteiger partial charge in [0.2, 0.25) is 5.91 Å². The lowest BCUT2D eigenvalue weighted by Gasteiger charge is -2.40. The number of amides is 4. The summed E-state index contributed by atoms with van der Waals surface area (Å²) in [5, 5.41) is 1.84. The number of primary amides is 1. The summed E-state index contributed by atoms with van der Waals surface area (Å²) in [4.78, 5) is 49.5. The number of nitrogens with zero attached hydrogens (tertiary/aromatic N) is 1. The van der Waals surface area contributed by atoms with Crippen LogP contribution in [0.3, 0.4) is 0 Å². The molecule has 158 valence electrons. The number of benzene rings is 1. The Morgan fingerprint density at radius 2 is 2.00 bits per heavy atom. The fraction of sp³-hybridized carbons (Fsp3) is 0.500. The van der Waals surface area contributed by atoms with E-state index in [1.165, 1.54) is 7.11 Å². The van der Waals surface area contributed by atoms with Crippen molar-refractivity contribution in [3.63, 3.8) is 0 Å². The Morgan fingerprint density at radius 3 is 2.66 bits per heavy atom. The largest absolute Gasteiger partial charge is 0.496 e. The number of methoxy groups -OCH3 is 1. The zero-order chi connectivity index (χ0) is 21.4. The van der Waals surface area contributed by atoms with Crippen LogP contribution in [0.5, 0.6) is 5.75 Å². The summed E-state index contributed by atoms with van der Waals surface area (Å²) < 4.78 is 10.6. The highest BCUT2D eigenvalue weighted by Gasteiger charge is 2.42. The summed E-state index contributed by atoms with van der Waals surface area (Å²) in [5.74, 6) is -1.56. The van der Waals surface area contributed by atoms with Crippen molar-refractivity contribution >= 4 is 23.8 Å². The summed E-state index contributed by atoms with van der Waals surface area (Å²) in [7, 11) is 1.53. The summed E-state index contributed by atoms with van der Waals surface area (Å²) in [6, 6.07) is 5.64. The number of carbonyl (C=O) groups excluding carboxylic acids is 4. The molecule has 1 saturated heterocycles. The van der Waals surface area contributed by atoms with E-state index in [0.29, 0.717) is 24.3 Å². The van der Waals surface area contributed by atoms with Crippen molar-refractivity contribution in [2.45, 2.75) is 38.6 Å². The molecular formula is C20H27N3O6. The molecule has 2 atom stereocenters. The molecule has 0 aromatic heterocycles. The van der Waals surface area contributed by atoms with Crippen molar-refractivity contribution in [2.75, 3.05) is 20.3 Å². The van der Waals surface area contributed by atoms with Gasteiger partial charge in [0, 0.05) is 18.5 Å². The van der Waals surface area contributed by atoms with Gasteiger partial charge < -0.3 is 20.1 Å². The van der Waals surface area contributed by atoms with Crippen molar-refractivity contribution < 1.29 is 28.7 Å². The van der Waals surface area contributed by atoms with E-state index in [9.17, 15) is 19.2 Å². The number of rotatable bonds is 8. The first-order chi connectivity index (χ1) is 13.9. The average molecular weight is 405 g/mol. The van der Waals surface area contributed by atoms with Crippen molar-refractivity contribution in [1.82, 2.24) is 10.2 Å². The number of para-hydroxylation sites is 1. The lowest BCUT2D eigenvalue weighted by atomic mass is 9.83. The molecule has 1 aromatic carbocycles. The zero-order valence-electron chi connectivity index (χ0n) is 16.7. The molecular weight excluding hydrogens is 378 g/mol. The van der Waals surface area contributed by atoms with Gasteiger partial charge in [-0.1, -0.05) is 31.5 Å². The number of hydrogen-bond donors (Lipinski definition) is 2. The van der Waals surface area contributed by atoms with Gasteiger partial charge >= 0.3 is 12.0 Å². The Hall–Kier alpha value is -3.10. The van der Waals surface area contributed by atoms with Gasteiger partial charge in [0.05, 0.1) is 19.1 Å². The molecule has 1 heterocycles. The van der Waals surface area contributed by atoms with Gasteiger partial charge in [0.1, 0.15) is 5.75 Å². The maximum Gasteiger partial charge on any atom is 0.318 e. The number of likely N-dealkylation sites (tertiary alicyclic amines) is 1. The maximum absolute atomic E-state index is 12.8. The summed E-state index contributed by atoms with van der Waals surface area (Å²) in [5.41, 5.74) is 5.59. The number of nitrogens with two attached hydrogens (primary N) is 1. The Labute approximate surface area is 169 Å². The second-order valence-corrected chi connectivity index (χ2v) is 6.79. The van der Waals surface area contributed by atoms with Crippen LogP contribution in [0, 0.1) is 5.92 Å². The molecule has 0 radical (unpaired) electrons. The van der Waals surface area contributed by atoms with Crippen LogP contribution in [-0.4, -0.2) is 49.0 Å². The quantitative estimate of drug-likeness (QED) is 0.631. The van der Waals surface area contributed by atoms with Crippen LogP contribution in [0.4, 0.5) is 4.79 Å². The van der Waals surface area contributed by atoms with Crippen LogP contribution >= 0.6 is 0 Å². The average Bonchev–Trinajstić information content (AvgIpc) is 2.70. The highest BCUT2D eigenvalue weighted by molar-refractivity contribution is 5.95. The van der Waals surface area contributed by atoms with Gasteiger partial charge in [-0.25, -0.2) is 4.79 Å². The summed E-state index contributed by atoms with van der Waals surface area (Å²) >= 11 is 0. The third kappa shape index (κ3) is 5.69. The van der Waals surface area contributed by atoms with Crippen molar-refractivity contribution in [3.05, 3.63) is 29.8 Å². The van der Waals surface area contributed by atoms with Gasteiger partial charge in [0.15, 0.2) is 6.61 Å². The van der Waals surface area contributed by atoms with Crippen molar-refractivity contribution in [3.8, 4) is 5.75 Å². The molecule has 0 bridgehead atoms. The first kappa shape index (κ1) is 22.2. The van der Waals surface area contributed by atoms with E-state index in [1.807, 2.05) is 30.4 Å². The first-order valence-corrected chi connectivity index (χ1v) is 9.57. The minimum absolute atomic E-state index is 0.0372. The van der Waals surface area contributed by atoms with Crippen LogP contribution in [0.2, 0.25) is 0 Å². The Kier molecular flexibility index (Phi) is 7.99. The number of carbonyl (C=O) groups is 4. The van der Waals surface area contributed by atoms with Gasteiger partial charge in [-0.05, 0) is 18.9 Å². The molecule has 1 fully saturated rings. The fourth-order valence-corrected chi connectivity index (χ4v) is 3.50. The summed E-state index contributed by atoms with van der Waals surface area (Å²) in [6.07, 6.45) is 2.19. The Bertz CT molecular complexity index is 766. The van der Waals surface area contributed by atoms with Crippen LogP contribution in [-0.2, 0) is 19.1 Å². The lowest BCUT2D eigenvalue weighted by Crippen LogP contribution is -2.46. The van der Waals surface area contributed by atoms with E-state index in [0.717, 1.165) is 12.8 Å². The van der Waals surface area contributed by atoms with E-state index >= 15 is 0 Å². The molecule has 9 nitrogen and oxygen atoms in total. The molecule has 29 heavy (non-hydrogen) atoms. The van der Waals surface area contributed by atoms with Crippen LogP contribution in [0.1, 0.15) is 44.2 Å². The highest BCUT2D eigenvalue weighted by atomic mass is 16.5. The minimum Gasteiger partial charge on any atom is -0.496 e. The van der Waals surface area contributed by atoms with E-state index in [2.05, 4.69) is 0 Å². The lowest BCUT2D eigenvalue weighted by molar-refractivity contribution is -0.159. The number of imide groups is 1. The predicted molar refractivity (Wildman–Crippen MR) is 104 cm³/mol. The fourth-order valence-electron chi connectivity index (χ4n) is 3.50. The molecule has 2 rings (SSSR count). The third-order valence-electron chi connectivity index (χ3n) is 4.83. The molecule has 1 aliphatic heterocycles. The Morgan fingerprint density at radius 1 is 1.28 bits per heavy atom. The first-order valence-electron chi connectivity index (χ1n) is 9.57. The highest BCUT2D eigenvalue weighted by Crippen LogP contribution is 2.41. The van der Waals surface area contributed by atoms with Crippen molar-refractivity contribution in [2.24, 2.45) is 11.7 Å². The molecule has 0 aliphatic carbocycles. The molecule has 9 heteroatoms. The van der Waals surface area contributed by atoms with Gasteiger partial charge in [-0.2, -0.15) is 0 Å². The van der Waals surface area contributed by atoms with Crippen LogP contribution in [0.15, 0.2) is 24.3 Å². The van der Waals surface area contributed by atoms with E-state index in [-0.39, 0.29) is 12.3 Å². The second kappa shape index (κ2) is 10.4. The van der Waals surface area contributed by atoms with E-state index in [4.69, 9.17) is 15.2 Å². The SMILES string of the molecule is CCCCN1C(=O)CC[C@H](C(=O)OCC(=O)NC(N)=O)[C@@H]1c1ccccc1OC. The molecule has 1 aromatic rings. The smallest absolute Gasteiger partial charge is 0.318 e. The number of piperidine rings is 1. The van der Waals surface area contributed by atoms with Crippen molar-refractivity contribution in [1.29, 1.82) is 0 Å². The standard InChI is InChI=1S/C20H27N3O6/c1-3-4-11-23-17(25)10-9-14(19(26)29-12-16(24)22-20(21)27)18(23)13-7-5-6-8-15(13)28-2/h5-8,14,18H,3-4,9-12H2,1-2H3,(H3,21,22,24,27)/t14-,18-/m0/s1. The maximum atomic E-state index is 12.8. The van der Waals surface area contributed by atoms with E-state index in [1.54, 1.807) is 11.0 Å². The molecule has 0 spiro atoms. The molecule has 4 amide bonds. The van der Waals surface area contributed by atoms with Gasteiger partial charge in [0.25, 0.3) is 5.91 Å². The number of urea groups is 1.